The SMILES string of the molecule is OC(c1cc(Cl)ccc1Br)C1CCOC2(CCOC2)C1. The van der Waals surface area contributed by atoms with Crippen LogP contribution in [0.2, 0.25) is 5.02 Å². The summed E-state index contributed by atoms with van der Waals surface area (Å²) in [4.78, 5) is 0. The van der Waals surface area contributed by atoms with Crippen LogP contribution in [0.15, 0.2) is 22.7 Å². The molecule has 2 fully saturated rings. The minimum atomic E-state index is -0.524. The highest BCUT2D eigenvalue weighted by Crippen LogP contribution is 2.42. The second-order valence-electron chi connectivity index (χ2n) is 5.70. The van der Waals surface area contributed by atoms with Crippen LogP contribution in [0.3, 0.4) is 0 Å². The Morgan fingerprint density at radius 3 is 3.00 bits per heavy atom. The van der Waals surface area contributed by atoms with Crippen LogP contribution >= 0.6 is 27.5 Å². The van der Waals surface area contributed by atoms with Crippen molar-refractivity contribution in [2.45, 2.75) is 31.0 Å². The third kappa shape index (κ3) is 2.90. The zero-order valence-corrected chi connectivity index (χ0v) is 13.5. The van der Waals surface area contributed by atoms with Crippen molar-refractivity contribution in [1.29, 1.82) is 0 Å². The van der Waals surface area contributed by atoms with E-state index in [2.05, 4.69) is 15.9 Å². The second-order valence-corrected chi connectivity index (χ2v) is 6.99. The third-order valence-electron chi connectivity index (χ3n) is 4.32. The van der Waals surface area contributed by atoms with Gasteiger partial charge >= 0.3 is 0 Å². The van der Waals surface area contributed by atoms with Crippen molar-refractivity contribution in [2.24, 2.45) is 5.92 Å². The maximum absolute atomic E-state index is 10.7. The molecule has 2 aliphatic heterocycles. The fraction of sp³-hybridized carbons (Fsp3) is 0.600. The quantitative estimate of drug-likeness (QED) is 0.872. The first kappa shape index (κ1) is 14.8. The Labute approximate surface area is 132 Å². The average molecular weight is 362 g/mol. The number of halogens is 2. The molecule has 0 bridgehead atoms. The number of benzene rings is 1. The summed E-state index contributed by atoms with van der Waals surface area (Å²) in [5.74, 6) is 0.181. The van der Waals surface area contributed by atoms with E-state index in [1.807, 2.05) is 18.2 Å². The van der Waals surface area contributed by atoms with Crippen LogP contribution in [-0.2, 0) is 9.47 Å². The second kappa shape index (κ2) is 5.93. The molecule has 0 aliphatic carbocycles. The molecule has 1 aromatic rings. The normalized spacial score (nSPS) is 31.6. The summed E-state index contributed by atoms with van der Waals surface area (Å²) >= 11 is 9.54. The number of aliphatic hydroxyl groups excluding tert-OH is 1. The monoisotopic (exact) mass is 360 g/mol. The van der Waals surface area contributed by atoms with Crippen LogP contribution in [0.25, 0.3) is 0 Å². The summed E-state index contributed by atoms with van der Waals surface area (Å²) in [6.45, 7) is 2.08. The highest BCUT2D eigenvalue weighted by atomic mass is 79.9. The highest BCUT2D eigenvalue weighted by molar-refractivity contribution is 9.10. The van der Waals surface area contributed by atoms with Gasteiger partial charge in [0.15, 0.2) is 0 Å². The van der Waals surface area contributed by atoms with Crippen LogP contribution < -0.4 is 0 Å². The first-order valence-corrected chi connectivity index (χ1v) is 8.11. The number of hydrogen-bond donors (Lipinski definition) is 1. The maximum atomic E-state index is 10.7. The van der Waals surface area contributed by atoms with Crippen LogP contribution in [0.1, 0.15) is 30.9 Å². The summed E-state index contributed by atoms with van der Waals surface area (Å²) in [6.07, 6.45) is 2.10. The Hall–Kier alpha value is -0.130. The molecule has 20 heavy (non-hydrogen) atoms. The number of rotatable bonds is 2. The van der Waals surface area contributed by atoms with E-state index >= 15 is 0 Å². The smallest absolute Gasteiger partial charge is 0.0940 e. The summed E-state index contributed by atoms with van der Waals surface area (Å²) < 4.78 is 12.3. The molecule has 3 atom stereocenters. The predicted molar refractivity (Wildman–Crippen MR) is 81.0 cm³/mol. The van der Waals surface area contributed by atoms with Crippen LogP contribution in [-0.4, -0.2) is 30.5 Å². The molecule has 2 aliphatic rings. The highest BCUT2D eigenvalue weighted by Gasteiger charge is 2.43. The average Bonchev–Trinajstić information content (AvgIpc) is 2.88. The van der Waals surface area contributed by atoms with Gasteiger partial charge in [-0.15, -0.1) is 0 Å². The lowest BCUT2D eigenvalue weighted by atomic mass is 9.80. The van der Waals surface area contributed by atoms with Crippen molar-refractivity contribution < 1.29 is 14.6 Å². The minimum absolute atomic E-state index is 0.181. The number of aliphatic hydroxyl groups is 1. The van der Waals surface area contributed by atoms with Crippen molar-refractivity contribution in [3.8, 4) is 0 Å². The summed E-state index contributed by atoms with van der Waals surface area (Å²) in [5, 5.41) is 11.4. The lowest BCUT2D eigenvalue weighted by molar-refractivity contribution is -0.117. The molecule has 1 N–H and O–H groups in total. The van der Waals surface area contributed by atoms with Gasteiger partial charge in [-0.2, -0.15) is 0 Å². The van der Waals surface area contributed by atoms with Gasteiger partial charge in [-0.1, -0.05) is 27.5 Å². The summed E-state index contributed by atoms with van der Waals surface area (Å²) in [5.41, 5.74) is 0.674. The van der Waals surface area contributed by atoms with Crippen molar-refractivity contribution in [3.63, 3.8) is 0 Å². The van der Waals surface area contributed by atoms with Gasteiger partial charge in [0.05, 0.1) is 18.3 Å². The predicted octanol–water partition coefficient (Wildman–Crippen LogP) is 3.72. The first-order chi connectivity index (χ1) is 9.60. The third-order valence-corrected chi connectivity index (χ3v) is 5.28. The van der Waals surface area contributed by atoms with Gasteiger partial charge in [-0.3, -0.25) is 0 Å². The maximum Gasteiger partial charge on any atom is 0.0940 e. The Kier molecular flexibility index (Phi) is 4.39. The van der Waals surface area contributed by atoms with Gasteiger partial charge in [-0.05, 0) is 42.5 Å². The molecule has 2 heterocycles. The molecule has 2 saturated heterocycles. The molecule has 1 spiro atoms. The fourth-order valence-electron chi connectivity index (χ4n) is 3.19. The zero-order chi connectivity index (χ0) is 14.2. The molecule has 5 heteroatoms. The fourth-order valence-corrected chi connectivity index (χ4v) is 3.86. The largest absolute Gasteiger partial charge is 0.388 e. The van der Waals surface area contributed by atoms with Crippen LogP contribution in [0.4, 0.5) is 0 Å². The Balaban J connectivity index is 1.79. The minimum Gasteiger partial charge on any atom is -0.388 e. The summed E-state index contributed by atoms with van der Waals surface area (Å²) in [6, 6.07) is 5.54. The van der Waals surface area contributed by atoms with E-state index in [4.69, 9.17) is 21.1 Å². The zero-order valence-electron chi connectivity index (χ0n) is 11.1. The van der Waals surface area contributed by atoms with E-state index in [0.29, 0.717) is 18.2 Å². The molecule has 3 rings (SSSR count). The molecule has 0 amide bonds. The Bertz CT molecular complexity index is 488. The molecule has 0 aromatic heterocycles. The molecular weight excluding hydrogens is 344 g/mol. The topological polar surface area (TPSA) is 38.7 Å². The van der Waals surface area contributed by atoms with Gasteiger partial charge in [0.1, 0.15) is 0 Å². The molecular formula is C15H18BrClO3. The van der Waals surface area contributed by atoms with E-state index in [9.17, 15) is 5.11 Å². The molecule has 1 aromatic carbocycles. The van der Waals surface area contributed by atoms with Crippen molar-refractivity contribution >= 4 is 27.5 Å². The Morgan fingerprint density at radius 2 is 2.25 bits per heavy atom. The molecule has 110 valence electrons. The van der Waals surface area contributed by atoms with Gasteiger partial charge in [0, 0.05) is 29.1 Å². The van der Waals surface area contributed by atoms with Crippen molar-refractivity contribution in [2.75, 3.05) is 19.8 Å². The molecule has 3 unspecified atom stereocenters. The van der Waals surface area contributed by atoms with Crippen molar-refractivity contribution in [1.82, 2.24) is 0 Å². The lowest BCUT2D eigenvalue weighted by Gasteiger charge is -2.39. The number of hydrogen-bond acceptors (Lipinski definition) is 3. The van der Waals surface area contributed by atoms with E-state index in [1.54, 1.807) is 0 Å². The van der Waals surface area contributed by atoms with Gasteiger partial charge in [0.25, 0.3) is 0 Å². The number of ether oxygens (including phenoxy) is 2. The van der Waals surface area contributed by atoms with E-state index in [0.717, 1.165) is 35.9 Å². The van der Waals surface area contributed by atoms with Gasteiger partial charge < -0.3 is 14.6 Å². The molecule has 0 radical (unpaired) electrons. The molecule has 0 saturated carbocycles. The van der Waals surface area contributed by atoms with E-state index in [-0.39, 0.29) is 11.5 Å². The van der Waals surface area contributed by atoms with Crippen LogP contribution in [0.5, 0.6) is 0 Å². The standard InChI is InChI=1S/C15H18BrClO3/c16-13-2-1-11(17)7-12(13)14(18)10-3-5-20-15(8-10)4-6-19-9-15/h1-2,7,10,14,18H,3-6,8-9H2. The van der Waals surface area contributed by atoms with Gasteiger partial charge in [0.2, 0.25) is 0 Å². The van der Waals surface area contributed by atoms with E-state index in [1.165, 1.54) is 0 Å². The summed E-state index contributed by atoms with van der Waals surface area (Å²) in [7, 11) is 0. The van der Waals surface area contributed by atoms with Crippen LogP contribution in [0, 0.1) is 5.92 Å². The lowest BCUT2D eigenvalue weighted by Crippen LogP contribution is -2.41. The van der Waals surface area contributed by atoms with Crippen molar-refractivity contribution in [3.05, 3.63) is 33.3 Å². The van der Waals surface area contributed by atoms with Gasteiger partial charge in [-0.25, -0.2) is 0 Å². The van der Waals surface area contributed by atoms with E-state index < -0.39 is 6.10 Å². The first-order valence-electron chi connectivity index (χ1n) is 6.94. The Morgan fingerprint density at radius 1 is 1.40 bits per heavy atom. The molecule has 3 nitrogen and oxygen atoms in total.